The lowest BCUT2D eigenvalue weighted by Gasteiger charge is -2.24. The maximum Gasteiger partial charge on any atom is 0.513 e. The Balaban J connectivity index is 0.000000211. The smallest absolute Gasteiger partial charge is 0.507 e. The Bertz CT molecular complexity index is 5770. The number of carbonyl (C=O) groups excluding carboxylic acids is 3. The number of ether oxygens (including phenoxy) is 3. The quantitative estimate of drug-likeness (QED) is 0.0112. The number of phenols is 2. The first-order chi connectivity index (χ1) is 57.1. The molecule has 0 aliphatic rings. The standard InChI is InChI=1S/C26H19F5NO5P.C20H19ClNO4P.C10H7Cl2O2P.C10H13NO2.C10H8O.C6HF5O.Cl3OP/c1-15(26(33)35-14-16-8-3-2-4-9-16)32-38(34,36-19-13-7-11-17-10-5-6-12-18(17)19)37-25-23(30)21(28)20(27)22(29)24(25)31;1-15(20(23)25-14-16-8-3-2-4-9-16)22-27(21,24)26-19-13-7-11-17-10-5-6-12-18(17)19;11-15(12,13)14-10-7-3-5-8-4-1-2-6-9(8)10;1-8(11)10(12)13-7-9-5-3-2-4-6-9;11-10-7-3-5-8-4-1-2-6-9(8)10;7-1-2(8)4(10)6(12)5(11)3(1)9;1-5(2,3)4/h2-13,15H,14H2,1H3,(H,32,34);2-13,15H,14H2,1H3,(H,22,24);1-7H;2-6,8H,7,11H2,1H3;1-7,11H;12H;/t15-,38?;15-,27?;;8-;;;/m00.0.../s1. The van der Waals surface area contributed by atoms with Crippen LogP contribution in [0.2, 0.25) is 0 Å². The Morgan fingerprint density at radius 2 is 0.628 bits per heavy atom. The zero-order valence-electron chi connectivity index (χ0n) is 62.7. The second-order valence-corrected chi connectivity index (χ2v) is 39.9. The maximum absolute atomic E-state index is 14.4. The summed E-state index contributed by atoms with van der Waals surface area (Å²) < 4.78 is 214. The minimum absolute atomic E-state index is 0.118. The summed E-state index contributed by atoms with van der Waals surface area (Å²) in [6.45, 7) is 0.779. The van der Waals surface area contributed by atoms with Gasteiger partial charge < -0.3 is 48.3 Å². The van der Waals surface area contributed by atoms with Gasteiger partial charge in [0.1, 0.15) is 60.9 Å². The molecule has 5 atom stereocenters. The summed E-state index contributed by atoms with van der Waals surface area (Å²) in [5.41, 5.74) is 7.79. The molecule has 0 fully saturated rings. The summed E-state index contributed by atoms with van der Waals surface area (Å²) in [7, 11) is -5.07. The highest BCUT2D eigenvalue weighted by Gasteiger charge is 2.39. The normalized spacial score (nSPS) is 12.6. The Hall–Kier alpha value is -10.1. The second kappa shape index (κ2) is 46.3. The summed E-state index contributed by atoms with van der Waals surface area (Å²) in [6.07, 6.45) is -3.55. The van der Waals surface area contributed by atoms with Crippen molar-refractivity contribution in [2.75, 3.05) is 0 Å². The van der Waals surface area contributed by atoms with E-state index in [1.165, 1.54) is 26.0 Å². The third kappa shape index (κ3) is 31.1. The number of hydrogen-bond donors (Lipinski definition) is 5. The number of hydrogen-bond acceptors (Lipinski definition) is 17. The van der Waals surface area contributed by atoms with Gasteiger partial charge in [-0.25, -0.2) is 45.1 Å². The molecule has 0 aromatic heterocycles. The third-order valence-electron chi connectivity index (χ3n) is 15.7. The number of esters is 3. The summed E-state index contributed by atoms with van der Waals surface area (Å²) in [4.78, 5) is 35.7. The van der Waals surface area contributed by atoms with Crippen LogP contribution in [0.1, 0.15) is 37.5 Å². The molecular weight excluding hydrogens is 1810 g/mol. The van der Waals surface area contributed by atoms with Crippen molar-refractivity contribution < 1.29 is 119 Å². The van der Waals surface area contributed by atoms with Crippen molar-refractivity contribution in [1.29, 1.82) is 0 Å². The molecule has 13 aromatic rings. The molecule has 0 saturated heterocycles. The fourth-order valence-electron chi connectivity index (χ4n) is 10.0. The Labute approximate surface area is 713 Å². The highest BCUT2D eigenvalue weighted by Crippen LogP contribution is 2.61. The van der Waals surface area contributed by atoms with E-state index in [0.29, 0.717) is 40.2 Å². The summed E-state index contributed by atoms with van der Waals surface area (Å²) in [5.74, 6) is -27.4. The van der Waals surface area contributed by atoms with Gasteiger partial charge in [0.05, 0.1) is 0 Å². The van der Waals surface area contributed by atoms with Crippen LogP contribution in [-0.4, -0.2) is 46.2 Å². The molecule has 638 valence electrons. The van der Waals surface area contributed by atoms with Gasteiger partial charge in [-0.3, -0.25) is 18.9 Å². The molecule has 13 aromatic carbocycles. The van der Waals surface area contributed by atoms with Crippen LogP contribution in [0.15, 0.2) is 261 Å². The predicted molar refractivity (Wildman–Crippen MR) is 447 cm³/mol. The van der Waals surface area contributed by atoms with E-state index in [2.05, 4.69) is 43.9 Å². The molecule has 19 nitrogen and oxygen atoms in total. The summed E-state index contributed by atoms with van der Waals surface area (Å²) >= 11 is 30.6. The Morgan fingerprint density at radius 1 is 0.347 bits per heavy atom. The monoisotopic (exact) mass is 1870 g/mol. The number of benzene rings is 13. The molecule has 121 heavy (non-hydrogen) atoms. The minimum atomic E-state index is -5.07. The van der Waals surface area contributed by atoms with Crippen LogP contribution >= 0.6 is 93.3 Å². The molecule has 0 radical (unpaired) electrons. The van der Waals surface area contributed by atoms with Crippen LogP contribution in [-0.2, 0) is 66.7 Å². The van der Waals surface area contributed by atoms with E-state index in [4.69, 9.17) is 76.9 Å². The highest BCUT2D eigenvalue weighted by molar-refractivity contribution is 8.24. The van der Waals surface area contributed by atoms with E-state index in [1.807, 2.05) is 158 Å². The van der Waals surface area contributed by atoms with Crippen molar-refractivity contribution >= 4 is 154 Å². The van der Waals surface area contributed by atoms with Gasteiger partial charge >= 0.3 is 43.8 Å². The zero-order valence-corrected chi connectivity index (χ0v) is 70.8. The SMILES string of the molecule is C[C@H](N)C(=O)OCc1ccccc1.C[C@H](NP(=O)(Cl)Oc1cccc2ccccc12)C(=O)OCc1ccccc1.C[C@H](NP(=O)(Oc1c(F)c(F)c(F)c(F)c1F)Oc1cccc2ccccc12)C(=O)OCc1ccccc1.O=P(Cl)(Cl)Cl.O=P(Cl)(Cl)Oc1cccc2ccccc12.Oc1c(F)c(F)c(F)c(F)c1F.Oc1cccc2ccccc12. The highest BCUT2D eigenvalue weighted by atomic mass is 36.0. The van der Waals surface area contributed by atoms with Crippen LogP contribution in [0.3, 0.4) is 0 Å². The van der Waals surface area contributed by atoms with Crippen LogP contribution in [0, 0.1) is 58.2 Å². The molecule has 2 unspecified atom stereocenters. The number of phenolic OH excluding ortho intramolecular Hbond substituents is 2. The van der Waals surface area contributed by atoms with Crippen LogP contribution < -0.4 is 34.0 Å². The van der Waals surface area contributed by atoms with E-state index in [9.17, 15) is 81.7 Å². The number of carbonyl (C=O) groups is 3. The lowest BCUT2D eigenvalue weighted by atomic mass is 10.1. The van der Waals surface area contributed by atoms with E-state index in [0.717, 1.165) is 43.4 Å². The number of aromatic hydroxyl groups is 2. The average Bonchev–Trinajstić information content (AvgIpc) is 0.776. The van der Waals surface area contributed by atoms with E-state index in [1.54, 1.807) is 97.9 Å². The van der Waals surface area contributed by atoms with Crippen molar-refractivity contribution in [2.45, 2.75) is 58.7 Å². The van der Waals surface area contributed by atoms with Gasteiger partial charge in [0.15, 0.2) is 5.75 Å². The molecule has 6 N–H and O–H groups in total. The predicted octanol–water partition coefficient (Wildman–Crippen LogP) is 25.4. The van der Waals surface area contributed by atoms with Crippen LogP contribution in [0.5, 0.6) is 34.5 Å². The van der Waals surface area contributed by atoms with Crippen molar-refractivity contribution in [3.63, 3.8) is 0 Å². The first kappa shape index (κ1) is 98.1. The molecule has 0 spiro atoms. The first-order valence-corrected chi connectivity index (χ1v) is 46.7. The molecule has 0 bridgehead atoms. The number of nitrogens with two attached hydrogens (primary N) is 1. The lowest BCUT2D eigenvalue weighted by molar-refractivity contribution is -0.147. The minimum Gasteiger partial charge on any atom is -0.507 e. The molecule has 0 heterocycles. The van der Waals surface area contributed by atoms with Gasteiger partial charge in [-0.05, 0) is 117 Å². The van der Waals surface area contributed by atoms with Crippen molar-refractivity contribution in [3.8, 4) is 34.5 Å². The molecule has 0 amide bonds. The molecule has 0 aliphatic heterocycles. The van der Waals surface area contributed by atoms with Crippen molar-refractivity contribution in [3.05, 3.63) is 336 Å². The fourth-order valence-corrected chi connectivity index (χ4v) is 14.1. The molecule has 0 aliphatic carbocycles. The number of rotatable bonds is 21. The second-order valence-electron chi connectivity index (χ2n) is 24.7. The topological polar surface area (TPSA) is 275 Å². The largest absolute Gasteiger partial charge is 0.513 e. The lowest BCUT2D eigenvalue weighted by Crippen LogP contribution is -2.36. The summed E-state index contributed by atoms with van der Waals surface area (Å²) in [6, 6.07) is 74.7. The van der Waals surface area contributed by atoms with Gasteiger partial charge in [0.25, 0.3) is 0 Å². The van der Waals surface area contributed by atoms with Gasteiger partial charge in [0.2, 0.25) is 63.9 Å². The van der Waals surface area contributed by atoms with Gasteiger partial charge in [-0.2, -0.15) is 22.6 Å². The van der Waals surface area contributed by atoms with Crippen molar-refractivity contribution in [1.82, 2.24) is 10.2 Å². The van der Waals surface area contributed by atoms with Gasteiger partial charge in [0, 0.05) is 55.3 Å². The first-order valence-electron chi connectivity index (χ1n) is 34.8. The van der Waals surface area contributed by atoms with Crippen LogP contribution in [0.25, 0.3) is 43.1 Å². The Morgan fingerprint density at radius 3 is 0.983 bits per heavy atom. The van der Waals surface area contributed by atoms with E-state index >= 15 is 0 Å². The molecule has 39 heteroatoms. The van der Waals surface area contributed by atoms with E-state index in [-0.39, 0.29) is 24.9 Å². The average molecular weight is 1880 g/mol. The molecular formula is C82H67Cl6F10N3O16P4. The number of halogens is 16. The molecule has 0 saturated carbocycles. The zero-order chi connectivity index (χ0) is 88.9. The fraction of sp³-hybridized carbons (Fsp3) is 0.110. The van der Waals surface area contributed by atoms with Crippen LogP contribution in [0.4, 0.5) is 43.9 Å². The number of nitrogens with one attached hydrogen (secondary N) is 2. The number of fused-ring (bicyclic) bond motifs is 4. The van der Waals surface area contributed by atoms with E-state index < -0.39 is 126 Å². The van der Waals surface area contributed by atoms with Gasteiger partial charge in [-0.15, -0.1) is 0 Å². The third-order valence-corrected chi connectivity index (χ3v) is 19.7. The van der Waals surface area contributed by atoms with Crippen molar-refractivity contribution in [2.24, 2.45) is 5.73 Å². The maximum atomic E-state index is 14.4. The molecule has 13 rings (SSSR count). The van der Waals surface area contributed by atoms with Gasteiger partial charge in [-0.1, -0.05) is 237 Å². The Kier molecular flexibility index (Phi) is 37.5. The summed E-state index contributed by atoms with van der Waals surface area (Å²) in [5, 5.41) is 25.7.